The molecule has 0 heterocycles. The molecule has 0 N–H and O–H groups in total. The summed E-state index contributed by atoms with van der Waals surface area (Å²) in [5, 5.41) is 2.28. The van der Waals surface area contributed by atoms with Crippen LogP contribution in [-0.2, 0) is 9.59 Å². The fraction of sp³-hybridized carbons (Fsp3) is 0.294. The van der Waals surface area contributed by atoms with Gasteiger partial charge in [-0.05, 0) is 36.8 Å². The number of amides is 1. The lowest BCUT2D eigenvalue weighted by Crippen LogP contribution is -2.26. The first-order valence-corrected chi connectivity index (χ1v) is 6.74. The van der Waals surface area contributed by atoms with Crippen molar-refractivity contribution < 1.29 is 9.59 Å². The predicted octanol–water partition coefficient (Wildman–Crippen LogP) is 3.48. The van der Waals surface area contributed by atoms with Gasteiger partial charge in [-0.3, -0.25) is 4.79 Å². The number of hydrogen-bond acceptors (Lipinski definition) is 2. The van der Waals surface area contributed by atoms with E-state index in [1.54, 1.807) is 11.9 Å². The van der Waals surface area contributed by atoms with E-state index in [0.29, 0.717) is 6.42 Å². The van der Waals surface area contributed by atoms with Gasteiger partial charge in [0.25, 0.3) is 0 Å². The number of carbonyl (C=O) groups is 2. The number of ketones is 1. The summed E-state index contributed by atoms with van der Waals surface area (Å²) in [5.74, 6) is 0.00685. The summed E-state index contributed by atoms with van der Waals surface area (Å²) in [6.07, 6.45) is 0.563. The number of Topliss-reactive ketones (excluding diaryl/α,β-unsaturated/α-hetero) is 1. The number of fused-ring (bicyclic) bond motifs is 1. The normalized spacial score (nSPS) is 10.6. The van der Waals surface area contributed by atoms with E-state index in [1.165, 1.54) is 17.9 Å². The van der Waals surface area contributed by atoms with Gasteiger partial charge < -0.3 is 9.69 Å². The maximum absolute atomic E-state index is 12.0. The summed E-state index contributed by atoms with van der Waals surface area (Å²) in [5.41, 5.74) is 2.08. The third kappa shape index (κ3) is 3.23. The first-order valence-electron chi connectivity index (χ1n) is 6.74. The van der Waals surface area contributed by atoms with Gasteiger partial charge >= 0.3 is 0 Å². The van der Waals surface area contributed by atoms with Crippen LogP contribution in [0.15, 0.2) is 36.4 Å². The van der Waals surface area contributed by atoms with Gasteiger partial charge in [0.05, 0.1) is 0 Å². The number of nitrogens with zero attached hydrogens (tertiary/aromatic N) is 1. The predicted molar refractivity (Wildman–Crippen MR) is 82.0 cm³/mol. The average molecular weight is 269 g/mol. The Morgan fingerprint density at radius 2 is 1.65 bits per heavy atom. The highest BCUT2D eigenvalue weighted by Gasteiger charge is 2.12. The molecule has 0 atom stereocenters. The van der Waals surface area contributed by atoms with Crippen LogP contribution in [0.1, 0.15) is 25.3 Å². The zero-order valence-corrected chi connectivity index (χ0v) is 12.1. The number of benzene rings is 2. The largest absolute Gasteiger partial charge is 0.315 e. The van der Waals surface area contributed by atoms with Crippen LogP contribution in [0, 0.1) is 6.92 Å². The van der Waals surface area contributed by atoms with Gasteiger partial charge in [-0.25, -0.2) is 0 Å². The number of carbonyl (C=O) groups excluding carboxylic acids is 2. The van der Waals surface area contributed by atoms with Crippen LogP contribution in [0.5, 0.6) is 0 Å². The Hall–Kier alpha value is -2.16. The van der Waals surface area contributed by atoms with Crippen LogP contribution >= 0.6 is 0 Å². The molecule has 3 heteroatoms. The van der Waals surface area contributed by atoms with Gasteiger partial charge in [-0.2, -0.15) is 0 Å². The summed E-state index contributed by atoms with van der Waals surface area (Å²) in [4.78, 5) is 24.6. The van der Waals surface area contributed by atoms with Gasteiger partial charge in [0.1, 0.15) is 5.78 Å². The van der Waals surface area contributed by atoms with Gasteiger partial charge in [-0.15, -0.1) is 0 Å². The Balaban J connectivity index is 2.21. The van der Waals surface area contributed by atoms with Gasteiger partial charge in [0.15, 0.2) is 0 Å². The smallest absolute Gasteiger partial charge is 0.227 e. The highest BCUT2D eigenvalue weighted by atomic mass is 16.2. The monoisotopic (exact) mass is 269 g/mol. The van der Waals surface area contributed by atoms with Crippen LogP contribution in [-0.4, -0.2) is 18.7 Å². The lowest BCUT2D eigenvalue weighted by atomic mass is 10.1. The molecule has 0 saturated carbocycles. The molecule has 0 spiro atoms. The minimum Gasteiger partial charge on any atom is -0.315 e. The van der Waals surface area contributed by atoms with Crippen LogP contribution in [0.2, 0.25) is 0 Å². The molecule has 0 unspecified atom stereocenters. The van der Waals surface area contributed by atoms with Crippen molar-refractivity contribution in [3.05, 3.63) is 42.0 Å². The van der Waals surface area contributed by atoms with Crippen molar-refractivity contribution in [1.29, 1.82) is 0 Å². The molecule has 2 rings (SSSR count). The molecule has 1 amide bonds. The van der Waals surface area contributed by atoms with Crippen molar-refractivity contribution in [2.45, 2.75) is 26.7 Å². The van der Waals surface area contributed by atoms with Crippen LogP contribution in [0.3, 0.4) is 0 Å². The summed E-state index contributed by atoms with van der Waals surface area (Å²) in [6, 6.07) is 12.2. The van der Waals surface area contributed by atoms with E-state index in [-0.39, 0.29) is 18.1 Å². The molecule has 2 aromatic rings. The molecule has 2 aromatic carbocycles. The number of rotatable bonds is 4. The first kappa shape index (κ1) is 14.3. The fourth-order valence-corrected chi connectivity index (χ4v) is 2.16. The third-order valence-electron chi connectivity index (χ3n) is 3.43. The highest BCUT2D eigenvalue weighted by Crippen LogP contribution is 2.23. The van der Waals surface area contributed by atoms with E-state index in [1.807, 2.05) is 18.2 Å². The molecule has 104 valence electrons. The summed E-state index contributed by atoms with van der Waals surface area (Å²) < 4.78 is 0. The number of hydrogen-bond donors (Lipinski definition) is 0. The molecule has 0 aliphatic heterocycles. The van der Waals surface area contributed by atoms with Crippen molar-refractivity contribution in [3.63, 3.8) is 0 Å². The fourth-order valence-electron chi connectivity index (χ4n) is 2.16. The number of anilines is 1. The highest BCUT2D eigenvalue weighted by molar-refractivity contribution is 5.97. The minimum absolute atomic E-state index is 0.0355. The quantitative estimate of drug-likeness (QED) is 0.852. The Morgan fingerprint density at radius 1 is 1.00 bits per heavy atom. The number of aryl methyl sites for hydroxylation is 1. The molecule has 0 aromatic heterocycles. The molecule has 20 heavy (non-hydrogen) atoms. The second kappa shape index (κ2) is 5.87. The van der Waals surface area contributed by atoms with Gasteiger partial charge in [0.2, 0.25) is 5.91 Å². The van der Waals surface area contributed by atoms with Crippen LogP contribution < -0.4 is 4.90 Å². The maximum atomic E-state index is 12.0. The van der Waals surface area contributed by atoms with Crippen molar-refractivity contribution in [2.24, 2.45) is 0 Å². The Labute approximate surface area is 119 Å². The Kier molecular flexibility index (Phi) is 4.18. The molecular weight excluding hydrogens is 250 g/mol. The van der Waals surface area contributed by atoms with Gasteiger partial charge in [-0.1, -0.05) is 29.8 Å². The zero-order valence-electron chi connectivity index (χ0n) is 12.1. The van der Waals surface area contributed by atoms with Crippen LogP contribution in [0.25, 0.3) is 10.8 Å². The maximum Gasteiger partial charge on any atom is 0.227 e. The second-order valence-electron chi connectivity index (χ2n) is 5.19. The molecular formula is C17H19NO2. The van der Waals surface area contributed by atoms with Crippen molar-refractivity contribution in [1.82, 2.24) is 0 Å². The molecule has 0 aliphatic carbocycles. The first-order chi connectivity index (χ1) is 9.47. The lowest BCUT2D eigenvalue weighted by molar-refractivity contribution is -0.122. The van der Waals surface area contributed by atoms with E-state index in [2.05, 4.69) is 25.1 Å². The Morgan fingerprint density at radius 3 is 2.35 bits per heavy atom. The van der Waals surface area contributed by atoms with E-state index in [0.717, 1.165) is 11.1 Å². The molecule has 0 fully saturated rings. The molecule has 0 radical (unpaired) electrons. The van der Waals surface area contributed by atoms with E-state index >= 15 is 0 Å². The van der Waals surface area contributed by atoms with Crippen LogP contribution in [0.4, 0.5) is 5.69 Å². The molecule has 0 saturated heterocycles. The van der Waals surface area contributed by atoms with Crippen molar-refractivity contribution >= 4 is 28.2 Å². The summed E-state index contributed by atoms with van der Waals surface area (Å²) in [7, 11) is 1.75. The van der Waals surface area contributed by atoms with E-state index in [4.69, 9.17) is 0 Å². The Bertz CT molecular complexity index is 661. The molecule has 0 aliphatic rings. The standard InChI is InChI=1S/C17H19NO2/c1-12-4-6-15-11-16(8-7-14(15)10-12)18(3)17(20)9-5-13(2)19/h4,6-8,10-11H,5,9H2,1-3H3. The van der Waals surface area contributed by atoms with E-state index in [9.17, 15) is 9.59 Å². The van der Waals surface area contributed by atoms with Crippen molar-refractivity contribution in [3.8, 4) is 0 Å². The van der Waals surface area contributed by atoms with Gasteiger partial charge in [0, 0.05) is 25.6 Å². The minimum atomic E-state index is -0.0355. The van der Waals surface area contributed by atoms with Crippen molar-refractivity contribution in [2.75, 3.05) is 11.9 Å². The molecule has 0 bridgehead atoms. The third-order valence-corrected chi connectivity index (χ3v) is 3.43. The summed E-state index contributed by atoms with van der Waals surface area (Å²) >= 11 is 0. The summed E-state index contributed by atoms with van der Waals surface area (Å²) in [6.45, 7) is 3.57. The lowest BCUT2D eigenvalue weighted by Gasteiger charge is -2.17. The topological polar surface area (TPSA) is 37.4 Å². The average Bonchev–Trinajstić information content (AvgIpc) is 2.43. The SMILES string of the molecule is CC(=O)CCC(=O)N(C)c1ccc2cc(C)ccc2c1. The van der Waals surface area contributed by atoms with E-state index < -0.39 is 0 Å². The second-order valence-corrected chi connectivity index (χ2v) is 5.19. The molecule has 3 nitrogen and oxygen atoms in total. The zero-order chi connectivity index (χ0) is 14.7.